The van der Waals surface area contributed by atoms with Crippen molar-refractivity contribution in [2.75, 3.05) is 14.7 Å². The minimum absolute atomic E-state index is 0.0262. The Balaban J connectivity index is 1.20. The molecule has 68 heavy (non-hydrogen) atoms. The lowest BCUT2D eigenvalue weighted by Crippen LogP contribution is -2.61. The van der Waals surface area contributed by atoms with Gasteiger partial charge in [-0.15, -0.1) is 0 Å². The average molecular weight is 892 g/mol. The van der Waals surface area contributed by atoms with Crippen LogP contribution in [-0.2, 0) is 21.7 Å². The van der Waals surface area contributed by atoms with E-state index in [1.54, 1.807) is 0 Å². The van der Waals surface area contributed by atoms with Gasteiger partial charge in [-0.05, 0) is 184 Å². The summed E-state index contributed by atoms with van der Waals surface area (Å²) in [6.07, 6.45) is 2.30. The molecule has 1 aliphatic carbocycles. The Hall–Kier alpha value is -6.46. The Morgan fingerprint density at radius 3 is 1.62 bits per heavy atom. The third-order valence-electron chi connectivity index (χ3n) is 15.6. The van der Waals surface area contributed by atoms with Crippen LogP contribution in [0.2, 0.25) is 0 Å². The fourth-order valence-corrected chi connectivity index (χ4v) is 11.8. The minimum Gasteiger partial charge on any atom is -0.468 e. The van der Waals surface area contributed by atoms with Crippen LogP contribution in [0, 0.1) is 20.8 Å². The van der Waals surface area contributed by atoms with Crippen molar-refractivity contribution in [3.05, 3.63) is 178 Å². The van der Waals surface area contributed by atoms with Gasteiger partial charge in [0.1, 0.15) is 5.58 Å². The molecule has 0 saturated carbocycles. The molecule has 0 atom stereocenters. The summed E-state index contributed by atoms with van der Waals surface area (Å²) in [6.45, 7) is 30.3. The molecule has 8 aromatic rings. The molecule has 0 fully saturated rings. The van der Waals surface area contributed by atoms with Crippen molar-refractivity contribution in [3.8, 4) is 0 Å². The van der Waals surface area contributed by atoms with Gasteiger partial charge in [-0.2, -0.15) is 0 Å². The molecule has 7 aromatic carbocycles. The van der Waals surface area contributed by atoms with Crippen molar-refractivity contribution in [3.63, 3.8) is 0 Å². The van der Waals surface area contributed by atoms with Crippen LogP contribution in [0.25, 0.3) is 11.0 Å². The van der Waals surface area contributed by atoms with E-state index in [1.165, 1.54) is 83.7 Å². The zero-order valence-electron chi connectivity index (χ0n) is 42.5. The van der Waals surface area contributed by atoms with Gasteiger partial charge in [0.25, 0.3) is 6.71 Å². The molecule has 11 rings (SSSR count). The third-order valence-corrected chi connectivity index (χ3v) is 15.6. The van der Waals surface area contributed by atoms with Crippen LogP contribution in [-0.4, -0.2) is 6.71 Å². The first kappa shape index (κ1) is 44.1. The molecule has 0 bridgehead atoms. The topological polar surface area (TPSA) is 22.9 Å². The van der Waals surface area contributed by atoms with Crippen molar-refractivity contribution >= 4 is 85.5 Å². The van der Waals surface area contributed by atoms with E-state index in [9.17, 15) is 0 Å². The molecular formula is C63H66BN3O. The monoisotopic (exact) mass is 892 g/mol. The van der Waals surface area contributed by atoms with Crippen LogP contribution in [0.15, 0.2) is 144 Å². The standard InChI is InChI=1S/C63H66BN3O/c1-39-32-53-56-54(33-39)67(57-40(2)34-47(35-41(57)3)65(44-20-16-14-17-21-44)45-22-18-15-19-23-45)52-29-26-43(61(7,8)9)36-51(52)64(56)59-58(66(53)46-27-24-42(25-28-46)60(4,5)6)48-37-49-50(38-55(48)68-59)63(12,13)31-30-62(49,10)11/h14-29,32-38H,30-31H2,1-13H3. The molecule has 5 heteroatoms. The third kappa shape index (κ3) is 6.94. The van der Waals surface area contributed by atoms with Crippen molar-refractivity contribution in [2.45, 2.75) is 125 Å². The van der Waals surface area contributed by atoms with Gasteiger partial charge in [-0.3, -0.25) is 0 Å². The fraction of sp³-hybridized carbons (Fsp3) is 0.302. The lowest BCUT2D eigenvalue weighted by molar-refractivity contribution is 0.332. The second kappa shape index (κ2) is 15.3. The van der Waals surface area contributed by atoms with Gasteiger partial charge in [0.05, 0.1) is 17.0 Å². The highest BCUT2D eigenvalue weighted by Gasteiger charge is 2.48. The number of hydrogen-bond donors (Lipinski definition) is 0. The van der Waals surface area contributed by atoms with Crippen LogP contribution in [0.1, 0.15) is 121 Å². The van der Waals surface area contributed by atoms with E-state index in [0.29, 0.717) is 0 Å². The number of furan rings is 1. The Bertz CT molecular complexity index is 3230. The van der Waals surface area contributed by atoms with Crippen molar-refractivity contribution < 1.29 is 4.42 Å². The van der Waals surface area contributed by atoms with Crippen LogP contribution < -0.4 is 31.3 Å². The van der Waals surface area contributed by atoms with E-state index in [0.717, 1.165) is 46.8 Å². The number of rotatable bonds is 5. The largest absolute Gasteiger partial charge is 0.468 e. The summed E-state index contributed by atoms with van der Waals surface area (Å²) in [5.74, 6) is 0. The molecule has 4 nitrogen and oxygen atoms in total. The van der Waals surface area contributed by atoms with Gasteiger partial charge in [0.2, 0.25) is 0 Å². The Morgan fingerprint density at radius 1 is 0.529 bits per heavy atom. The quantitative estimate of drug-likeness (QED) is 0.161. The lowest BCUT2D eigenvalue weighted by Gasteiger charge is -2.44. The van der Waals surface area contributed by atoms with Gasteiger partial charge >= 0.3 is 0 Å². The zero-order valence-corrected chi connectivity index (χ0v) is 42.5. The molecule has 0 unspecified atom stereocenters. The van der Waals surface area contributed by atoms with Crippen molar-refractivity contribution in [1.82, 2.24) is 0 Å². The summed E-state index contributed by atoms with van der Waals surface area (Å²) < 4.78 is 7.56. The summed E-state index contributed by atoms with van der Waals surface area (Å²) in [6, 6.07) is 52.7. The van der Waals surface area contributed by atoms with E-state index < -0.39 is 0 Å². The van der Waals surface area contributed by atoms with Crippen LogP contribution in [0.4, 0.5) is 51.2 Å². The molecule has 0 saturated heterocycles. The number of para-hydroxylation sites is 2. The normalized spacial score (nSPS) is 15.8. The Kier molecular flexibility index (Phi) is 9.90. The fourth-order valence-electron chi connectivity index (χ4n) is 11.8. The van der Waals surface area contributed by atoms with Gasteiger partial charge in [0.15, 0.2) is 0 Å². The SMILES string of the molecule is Cc1cc2c3c(c1)N(c1ccc(C(C)(C)C)cc1)c1c(oc4cc5c(cc14)C(C)(C)CCC5(C)C)B3c1cc(C(C)(C)C)ccc1N2c1c(C)cc(N(c2ccccc2)c2ccccc2)cc1C. The number of anilines is 9. The molecule has 3 aliphatic rings. The summed E-state index contributed by atoms with van der Waals surface area (Å²) >= 11 is 0. The van der Waals surface area contributed by atoms with Crippen LogP contribution in [0.3, 0.4) is 0 Å². The molecule has 1 aromatic heterocycles. The highest BCUT2D eigenvalue weighted by molar-refractivity contribution is 7.00. The van der Waals surface area contributed by atoms with E-state index in [4.69, 9.17) is 4.42 Å². The lowest BCUT2D eigenvalue weighted by atomic mass is 9.35. The van der Waals surface area contributed by atoms with Gasteiger partial charge in [0, 0.05) is 45.2 Å². The zero-order chi connectivity index (χ0) is 47.8. The number of fused-ring (bicyclic) bond motifs is 7. The van der Waals surface area contributed by atoms with Crippen molar-refractivity contribution in [2.24, 2.45) is 0 Å². The highest BCUT2D eigenvalue weighted by atomic mass is 16.3. The second-order valence-corrected chi connectivity index (χ2v) is 23.6. The highest BCUT2D eigenvalue weighted by Crippen LogP contribution is 2.53. The predicted molar refractivity (Wildman–Crippen MR) is 292 cm³/mol. The minimum atomic E-state index is -0.133. The molecule has 2 aliphatic heterocycles. The molecule has 0 spiro atoms. The average Bonchev–Trinajstić information content (AvgIpc) is 3.66. The summed E-state index contributed by atoms with van der Waals surface area (Å²) in [5.41, 5.74) is 24.3. The summed E-state index contributed by atoms with van der Waals surface area (Å²) in [4.78, 5) is 7.52. The first-order valence-electron chi connectivity index (χ1n) is 24.8. The van der Waals surface area contributed by atoms with E-state index >= 15 is 0 Å². The second-order valence-electron chi connectivity index (χ2n) is 23.6. The van der Waals surface area contributed by atoms with Crippen LogP contribution in [0.5, 0.6) is 0 Å². The number of benzene rings is 7. The predicted octanol–water partition coefficient (Wildman–Crippen LogP) is 15.9. The van der Waals surface area contributed by atoms with Gasteiger partial charge in [-0.25, -0.2) is 0 Å². The Morgan fingerprint density at radius 2 is 1.06 bits per heavy atom. The van der Waals surface area contributed by atoms with E-state index in [2.05, 4.69) is 244 Å². The molecular weight excluding hydrogens is 826 g/mol. The molecule has 3 heterocycles. The van der Waals surface area contributed by atoms with E-state index in [-0.39, 0.29) is 28.4 Å². The molecule has 0 radical (unpaired) electrons. The maximum absolute atomic E-state index is 7.56. The summed E-state index contributed by atoms with van der Waals surface area (Å²) in [7, 11) is 0. The maximum atomic E-state index is 7.56. The number of nitrogens with zero attached hydrogens (tertiary/aromatic N) is 3. The molecule has 342 valence electrons. The smallest absolute Gasteiger partial charge is 0.297 e. The molecule has 0 N–H and O–H groups in total. The van der Waals surface area contributed by atoms with E-state index in [1.807, 2.05) is 0 Å². The number of aryl methyl sites for hydroxylation is 3. The molecule has 0 amide bonds. The first-order valence-corrected chi connectivity index (χ1v) is 24.8. The number of hydrogen-bond acceptors (Lipinski definition) is 4. The van der Waals surface area contributed by atoms with Gasteiger partial charge in [-0.1, -0.05) is 130 Å². The first-order chi connectivity index (χ1) is 32.2. The Labute approximate surface area is 405 Å². The van der Waals surface area contributed by atoms with Gasteiger partial charge < -0.3 is 19.1 Å². The maximum Gasteiger partial charge on any atom is 0.297 e. The summed E-state index contributed by atoms with van der Waals surface area (Å²) in [5, 5.41) is 1.19. The van der Waals surface area contributed by atoms with Crippen LogP contribution >= 0.6 is 0 Å². The van der Waals surface area contributed by atoms with Crippen molar-refractivity contribution in [1.29, 1.82) is 0 Å².